The zero-order chi connectivity index (χ0) is 21.0. The Hall–Kier alpha value is -2.10. The molecule has 7 nitrogen and oxygen atoms in total. The van der Waals surface area contributed by atoms with E-state index in [9.17, 15) is 13.2 Å². The predicted molar refractivity (Wildman–Crippen MR) is 114 cm³/mol. The Kier molecular flexibility index (Phi) is 6.81. The fraction of sp³-hybridized carbons (Fsp3) is 0.350. The quantitative estimate of drug-likeness (QED) is 0.651. The van der Waals surface area contributed by atoms with Crippen molar-refractivity contribution in [3.8, 4) is 11.5 Å². The summed E-state index contributed by atoms with van der Waals surface area (Å²) in [6.45, 7) is 2.73. The number of rotatable bonds is 7. The molecule has 1 fully saturated rings. The van der Waals surface area contributed by atoms with E-state index in [0.29, 0.717) is 24.6 Å². The molecule has 1 amide bonds. The monoisotopic (exact) mass is 482 g/mol. The van der Waals surface area contributed by atoms with Crippen molar-refractivity contribution in [1.82, 2.24) is 4.31 Å². The van der Waals surface area contributed by atoms with Gasteiger partial charge in [0.25, 0.3) is 5.91 Å². The number of amides is 1. The fourth-order valence-electron chi connectivity index (χ4n) is 3.06. The average molecular weight is 483 g/mol. The molecular formula is C20H23BrN2O5S. The predicted octanol–water partition coefficient (Wildman–Crippen LogP) is 3.57. The maximum absolute atomic E-state index is 12.8. The van der Waals surface area contributed by atoms with Gasteiger partial charge in [-0.05, 0) is 61.7 Å². The van der Waals surface area contributed by atoms with Gasteiger partial charge in [0.2, 0.25) is 10.0 Å². The van der Waals surface area contributed by atoms with Crippen LogP contribution in [0.15, 0.2) is 45.8 Å². The minimum atomic E-state index is -3.60. The van der Waals surface area contributed by atoms with Gasteiger partial charge in [0.15, 0.2) is 6.61 Å². The third-order valence-electron chi connectivity index (χ3n) is 4.65. The lowest BCUT2D eigenvalue weighted by Gasteiger charge is -2.17. The van der Waals surface area contributed by atoms with Crippen LogP contribution in [0.2, 0.25) is 0 Å². The Balaban J connectivity index is 1.73. The highest BCUT2D eigenvalue weighted by Crippen LogP contribution is 2.30. The van der Waals surface area contributed by atoms with Gasteiger partial charge in [-0.2, -0.15) is 4.31 Å². The van der Waals surface area contributed by atoms with E-state index in [4.69, 9.17) is 9.47 Å². The van der Waals surface area contributed by atoms with E-state index in [1.807, 2.05) is 19.1 Å². The highest BCUT2D eigenvalue weighted by molar-refractivity contribution is 9.10. The Morgan fingerprint density at radius 1 is 1.17 bits per heavy atom. The molecule has 1 N–H and O–H groups in total. The summed E-state index contributed by atoms with van der Waals surface area (Å²) in [5.74, 6) is 0.524. The van der Waals surface area contributed by atoms with E-state index in [0.717, 1.165) is 22.9 Å². The van der Waals surface area contributed by atoms with E-state index in [1.54, 1.807) is 6.07 Å². The number of ether oxygens (including phenoxy) is 2. The van der Waals surface area contributed by atoms with Crippen molar-refractivity contribution in [3.05, 3.63) is 46.4 Å². The number of nitrogens with zero attached hydrogens (tertiary/aromatic N) is 1. The minimum absolute atomic E-state index is 0.125. The van der Waals surface area contributed by atoms with E-state index >= 15 is 0 Å². The molecular weight excluding hydrogens is 460 g/mol. The number of nitrogens with one attached hydrogen (secondary N) is 1. The lowest BCUT2D eigenvalue weighted by Crippen LogP contribution is -2.28. The summed E-state index contributed by atoms with van der Waals surface area (Å²) in [5, 5.41) is 2.68. The summed E-state index contributed by atoms with van der Waals surface area (Å²) in [5.41, 5.74) is 1.28. The van der Waals surface area contributed by atoms with Gasteiger partial charge in [-0.25, -0.2) is 8.42 Å². The van der Waals surface area contributed by atoms with Crippen LogP contribution in [0, 0.1) is 6.92 Å². The molecule has 9 heteroatoms. The number of hydrogen-bond donors (Lipinski definition) is 1. The van der Waals surface area contributed by atoms with Crippen LogP contribution in [0.1, 0.15) is 18.4 Å². The van der Waals surface area contributed by atoms with Crippen molar-refractivity contribution in [3.63, 3.8) is 0 Å². The molecule has 0 saturated carbocycles. The zero-order valence-electron chi connectivity index (χ0n) is 16.3. The second-order valence-corrected chi connectivity index (χ2v) is 9.51. The van der Waals surface area contributed by atoms with E-state index in [-0.39, 0.29) is 17.2 Å². The smallest absolute Gasteiger partial charge is 0.262 e. The summed E-state index contributed by atoms with van der Waals surface area (Å²) in [7, 11) is -2.14. The Bertz CT molecular complexity index is 1000. The van der Waals surface area contributed by atoms with Gasteiger partial charge >= 0.3 is 0 Å². The van der Waals surface area contributed by atoms with Crippen molar-refractivity contribution in [1.29, 1.82) is 0 Å². The average Bonchev–Trinajstić information content (AvgIpc) is 3.24. The first kappa shape index (κ1) is 21.6. The van der Waals surface area contributed by atoms with Crippen molar-refractivity contribution >= 4 is 37.5 Å². The van der Waals surface area contributed by atoms with Crippen LogP contribution < -0.4 is 14.8 Å². The largest absolute Gasteiger partial charge is 0.495 e. The summed E-state index contributed by atoms with van der Waals surface area (Å²) in [6, 6.07) is 9.88. The number of methoxy groups -OCH3 is 1. The molecule has 156 valence electrons. The van der Waals surface area contributed by atoms with Crippen LogP contribution in [0.25, 0.3) is 0 Å². The highest BCUT2D eigenvalue weighted by atomic mass is 79.9. The number of aryl methyl sites for hydroxylation is 1. The van der Waals surface area contributed by atoms with Gasteiger partial charge < -0.3 is 14.8 Å². The molecule has 0 radical (unpaired) electrons. The molecule has 0 aliphatic carbocycles. The number of benzene rings is 2. The molecule has 29 heavy (non-hydrogen) atoms. The maximum atomic E-state index is 12.8. The Morgan fingerprint density at radius 3 is 2.55 bits per heavy atom. The molecule has 0 atom stereocenters. The van der Waals surface area contributed by atoms with Crippen LogP contribution in [0.5, 0.6) is 11.5 Å². The number of carbonyl (C=O) groups is 1. The summed E-state index contributed by atoms with van der Waals surface area (Å²) in [4.78, 5) is 12.5. The van der Waals surface area contributed by atoms with Gasteiger partial charge in [0.05, 0.1) is 17.7 Å². The first-order chi connectivity index (χ1) is 13.8. The van der Waals surface area contributed by atoms with Crippen molar-refractivity contribution in [2.24, 2.45) is 0 Å². The maximum Gasteiger partial charge on any atom is 0.262 e. The summed E-state index contributed by atoms with van der Waals surface area (Å²) < 4.78 is 38.8. The molecule has 1 heterocycles. The van der Waals surface area contributed by atoms with E-state index in [1.165, 1.54) is 29.6 Å². The number of carbonyl (C=O) groups excluding carboxylic acids is 1. The second-order valence-electron chi connectivity index (χ2n) is 6.72. The molecule has 0 aromatic heterocycles. The molecule has 2 aromatic carbocycles. The van der Waals surface area contributed by atoms with Crippen LogP contribution in [0.4, 0.5) is 5.69 Å². The number of anilines is 1. The van der Waals surface area contributed by atoms with Gasteiger partial charge in [-0.15, -0.1) is 0 Å². The molecule has 1 aliphatic rings. The number of hydrogen-bond acceptors (Lipinski definition) is 5. The van der Waals surface area contributed by atoms with Gasteiger partial charge in [0.1, 0.15) is 11.5 Å². The molecule has 1 aliphatic heterocycles. The number of sulfonamides is 1. The van der Waals surface area contributed by atoms with Crippen molar-refractivity contribution in [2.45, 2.75) is 24.7 Å². The third kappa shape index (κ3) is 5.09. The summed E-state index contributed by atoms with van der Waals surface area (Å²) in [6.07, 6.45) is 1.71. The lowest BCUT2D eigenvalue weighted by atomic mass is 10.2. The fourth-order valence-corrected chi connectivity index (χ4v) is 4.86. The van der Waals surface area contributed by atoms with E-state index < -0.39 is 15.9 Å². The molecule has 1 saturated heterocycles. The third-order valence-corrected chi connectivity index (χ3v) is 7.43. The topological polar surface area (TPSA) is 84.9 Å². The van der Waals surface area contributed by atoms with Crippen LogP contribution in [0.3, 0.4) is 0 Å². The SMILES string of the molecule is COc1ccc(S(=O)(=O)N2CCCC2)cc1NC(=O)COc1ccc(Br)c(C)c1. The molecule has 0 spiro atoms. The lowest BCUT2D eigenvalue weighted by molar-refractivity contribution is -0.118. The van der Waals surface area contributed by atoms with E-state index in [2.05, 4.69) is 21.2 Å². The normalized spacial score (nSPS) is 14.6. The molecule has 0 bridgehead atoms. The van der Waals surface area contributed by atoms with Gasteiger partial charge in [-0.1, -0.05) is 15.9 Å². The van der Waals surface area contributed by atoms with Crippen LogP contribution >= 0.6 is 15.9 Å². The highest BCUT2D eigenvalue weighted by Gasteiger charge is 2.28. The standard InChI is InChI=1S/C20H23BrN2O5S/c1-14-11-15(5-7-17(14)21)28-13-20(24)22-18-12-16(6-8-19(18)27-2)29(25,26)23-9-3-4-10-23/h5-8,11-12H,3-4,9-10,13H2,1-2H3,(H,22,24). The Morgan fingerprint density at radius 2 is 1.90 bits per heavy atom. The molecule has 0 unspecified atom stereocenters. The summed E-state index contributed by atoms with van der Waals surface area (Å²) >= 11 is 3.42. The minimum Gasteiger partial charge on any atom is -0.495 e. The second kappa shape index (κ2) is 9.15. The van der Waals surface area contributed by atoms with Crippen molar-refractivity contribution in [2.75, 3.05) is 32.1 Å². The molecule has 2 aromatic rings. The zero-order valence-corrected chi connectivity index (χ0v) is 18.7. The van der Waals surface area contributed by atoms with Crippen LogP contribution in [-0.2, 0) is 14.8 Å². The van der Waals surface area contributed by atoms with Crippen molar-refractivity contribution < 1.29 is 22.7 Å². The molecule has 3 rings (SSSR count). The number of halogens is 1. The van der Waals surface area contributed by atoms with Gasteiger partial charge in [-0.3, -0.25) is 4.79 Å². The first-order valence-electron chi connectivity index (χ1n) is 9.18. The Labute approximate surface area is 179 Å². The first-order valence-corrected chi connectivity index (χ1v) is 11.4. The van der Waals surface area contributed by atoms with Gasteiger partial charge in [0, 0.05) is 17.6 Å². The van der Waals surface area contributed by atoms with Crippen LogP contribution in [-0.4, -0.2) is 45.4 Å².